The summed E-state index contributed by atoms with van der Waals surface area (Å²) in [6, 6.07) is -1.23. The average Bonchev–Trinajstić information content (AvgIpc) is 2.45. The van der Waals surface area contributed by atoms with Gasteiger partial charge in [0.05, 0.1) is 19.3 Å². The molecule has 1 fully saturated rings. The Bertz CT molecular complexity index is 375. The van der Waals surface area contributed by atoms with Crippen LogP contribution in [0.4, 0.5) is 0 Å². The normalized spacial score (nSPS) is 18.7. The summed E-state index contributed by atoms with van der Waals surface area (Å²) in [5.41, 5.74) is 11.2. The molecule has 0 aromatic carbocycles. The standard InChI is InChI=1S/C15H29N3O4/c1-15(2,3)22-14(20)12(17)6-4-5-11(16)13(19)18-7-9-21-10-8-18/h11-12H,4-10,16-17H2,1-3H3/t11-,12?/m0/s1. The number of hydrogen-bond acceptors (Lipinski definition) is 6. The molecule has 0 aromatic heterocycles. The summed E-state index contributed by atoms with van der Waals surface area (Å²) in [6.07, 6.45) is 1.57. The zero-order valence-corrected chi connectivity index (χ0v) is 13.8. The summed E-state index contributed by atoms with van der Waals surface area (Å²) in [7, 11) is 0. The van der Waals surface area contributed by atoms with Gasteiger partial charge in [-0.3, -0.25) is 9.59 Å². The number of carbonyl (C=O) groups excluding carboxylic acids is 2. The molecule has 1 heterocycles. The molecule has 0 radical (unpaired) electrons. The minimum absolute atomic E-state index is 0.0610. The van der Waals surface area contributed by atoms with E-state index in [2.05, 4.69) is 0 Å². The molecule has 7 heteroatoms. The van der Waals surface area contributed by atoms with Crippen LogP contribution in [0.3, 0.4) is 0 Å². The molecule has 1 aliphatic rings. The van der Waals surface area contributed by atoms with Crippen molar-refractivity contribution in [1.82, 2.24) is 4.90 Å². The van der Waals surface area contributed by atoms with Gasteiger partial charge >= 0.3 is 5.97 Å². The third kappa shape index (κ3) is 6.72. The molecule has 1 rings (SSSR count). The maximum atomic E-state index is 12.1. The minimum Gasteiger partial charge on any atom is -0.459 e. The highest BCUT2D eigenvalue weighted by molar-refractivity contribution is 5.81. The van der Waals surface area contributed by atoms with Crippen LogP contribution < -0.4 is 11.5 Å². The lowest BCUT2D eigenvalue weighted by molar-refractivity contribution is -0.156. The molecule has 0 bridgehead atoms. The van der Waals surface area contributed by atoms with Crippen LogP contribution >= 0.6 is 0 Å². The highest BCUT2D eigenvalue weighted by atomic mass is 16.6. The van der Waals surface area contributed by atoms with Crippen molar-refractivity contribution in [3.63, 3.8) is 0 Å². The van der Waals surface area contributed by atoms with Gasteiger partial charge in [-0.05, 0) is 40.0 Å². The Kier molecular flexibility index (Phi) is 7.25. The first-order chi connectivity index (χ1) is 10.2. The zero-order chi connectivity index (χ0) is 16.8. The fourth-order valence-electron chi connectivity index (χ4n) is 2.19. The third-order valence-corrected chi connectivity index (χ3v) is 3.38. The fourth-order valence-corrected chi connectivity index (χ4v) is 2.19. The molecule has 1 aliphatic heterocycles. The number of nitrogens with two attached hydrogens (primary N) is 2. The van der Waals surface area contributed by atoms with Crippen molar-refractivity contribution in [2.45, 2.75) is 57.7 Å². The molecule has 0 aliphatic carbocycles. The van der Waals surface area contributed by atoms with E-state index in [1.807, 2.05) is 0 Å². The second-order valence-electron chi connectivity index (χ2n) is 6.62. The van der Waals surface area contributed by atoms with Crippen LogP contribution in [0.15, 0.2) is 0 Å². The highest BCUT2D eigenvalue weighted by Crippen LogP contribution is 2.11. The average molecular weight is 315 g/mol. The van der Waals surface area contributed by atoms with E-state index in [1.165, 1.54) is 0 Å². The van der Waals surface area contributed by atoms with E-state index in [0.717, 1.165) is 0 Å². The second kappa shape index (κ2) is 8.45. The van der Waals surface area contributed by atoms with Gasteiger partial charge in [0.1, 0.15) is 11.6 Å². The van der Waals surface area contributed by atoms with Gasteiger partial charge in [-0.1, -0.05) is 0 Å². The lowest BCUT2D eigenvalue weighted by Gasteiger charge is -2.29. The number of nitrogens with zero attached hydrogens (tertiary/aromatic N) is 1. The number of hydrogen-bond donors (Lipinski definition) is 2. The Morgan fingerprint density at radius 3 is 2.23 bits per heavy atom. The third-order valence-electron chi connectivity index (χ3n) is 3.38. The van der Waals surface area contributed by atoms with Gasteiger partial charge in [-0.25, -0.2) is 0 Å². The van der Waals surface area contributed by atoms with Crippen molar-refractivity contribution in [2.75, 3.05) is 26.3 Å². The van der Waals surface area contributed by atoms with Gasteiger partial charge in [0.15, 0.2) is 0 Å². The summed E-state index contributed by atoms with van der Waals surface area (Å²) in [5.74, 6) is -0.477. The van der Waals surface area contributed by atoms with E-state index in [9.17, 15) is 9.59 Å². The first-order valence-electron chi connectivity index (χ1n) is 7.81. The molecule has 128 valence electrons. The maximum Gasteiger partial charge on any atom is 0.323 e. The van der Waals surface area contributed by atoms with Crippen molar-refractivity contribution < 1.29 is 19.1 Å². The minimum atomic E-state index is -0.676. The Morgan fingerprint density at radius 2 is 1.68 bits per heavy atom. The monoisotopic (exact) mass is 315 g/mol. The van der Waals surface area contributed by atoms with E-state index in [-0.39, 0.29) is 5.91 Å². The molecular formula is C15H29N3O4. The second-order valence-corrected chi connectivity index (χ2v) is 6.62. The van der Waals surface area contributed by atoms with Crippen molar-refractivity contribution >= 4 is 11.9 Å². The lowest BCUT2D eigenvalue weighted by Crippen LogP contribution is -2.48. The van der Waals surface area contributed by atoms with Gasteiger partial charge in [0, 0.05) is 13.1 Å². The van der Waals surface area contributed by atoms with E-state index in [1.54, 1.807) is 25.7 Å². The summed E-state index contributed by atoms with van der Waals surface area (Å²) in [4.78, 5) is 25.6. The Balaban J connectivity index is 2.27. The zero-order valence-electron chi connectivity index (χ0n) is 13.8. The quantitative estimate of drug-likeness (QED) is 0.669. The van der Waals surface area contributed by atoms with E-state index >= 15 is 0 Å². The van der Waals surface area contributed by atoms with E-state index in [4.69, 9.17) is 20.9 Å². The Morgan fingerprint density at radius 1 is 1.14 bits per heavy atom. The Hall–Kier alpha value is -1.18. The molecular weight excluding hydrogens is 286 g/mol. The summed E-state index contributed by atoms with van der Waals surface area (Å²) in [6.45, 7) is 7.69. The Labute approximate surface area is 132 Å². The van der Waals surface area contributed by atoms with Gasteiger partial charge < -0.3 is 25.8 Å². The molecule has 0 aromatic rings. The summed E-state index contributed by atoms with van der Waals surface area (Å²) < 4.78 is 10.4. The van der Waals surface area contributed by atoms with Crippen molar-refractivity contribution in [3.05, 3.63) is 0 Å². The molecule has 7 nitrogen and oxygen atoms in total. The molecule has 2 atom stereocenters. The molecule has 0 saturated carbocycles. The topological polar surface area (TPSA) is 108 Å². The van der Waals surface area contributed by atoms with Gasteiger partial charge in [-0.15, -0.1) is 0 Å². The molecule has 1 amide bonds. The van der Waals surface area contributed by atoms with Crippen LogP contribution in [-0.4, -0.2) is 60.8 Å². The van der Waals surface area contributed by atoms with Crippen LogP contribution in [0.5, 0.6) is 0 Å². The van der Waals surface area contributed by atoms with Crippen LogP contribution in [0.25, 0.3) is 0 Å². The van der Waals surface area contributed by atoms with Crippen LogP contribution in [0.1, 0.15) is 40.0 Å². The van der Waals surface area contributed by atoms with E-state index in [0.29, 0.717) is 45.6 Å². The highest BCUT2D eigenvalue weighted by Gasteiger charge is 2.24. The van der Waals surface area contributed by atoms with Crippen LogP contribution in [-0.2, 0) is 19.1 Å². The number of esters is 1. The smallest absolute Gasteiger partial charge is 0.323 e. The van der Waals surface area contributed by atoms with Crippen LogP contribution in [0, 0.1) is 0 Å². The summed E-state index contributed by atoms with van der Waals surface area (Å²) >= 11 is 0. The number of ether oxygens (including phenoxy) is 2. The van der Waals surface area contributed by atoms with Gasteiger partial charge in [0.2, 0.25) is 5.91 Å². The largest absolute Gasteiger partial charge is 0.459 e. The first-order valence-corrected chi connectivity index (χ1v) is 7.81. The predicted octanol–water partition coefficient (Wildman–Crippen LogP) is 0.0118. The number of carbonyl (C=O) groups is 2. The molecule has 1 unspecified atom stereocenters. The number of rotatable bonds is 6. The van der Waals surface area contributed by atoms with Gasteiger partial charge in [-0.2, -0.15) is 0 Å². The predicted molar refractivity (Wildman–Crippen MR) is 83.0 cm³/mol. The van der Waals surface area contributed by atoms with E-state index < -0.39 is 23.7 Å². The van der Waals surface area contributed by atoms with Crippen molar-refractivity contribution in [2.24, 2.45) is 11.5 Å². The van der Waals surface area contributed by atoms with Crippen molar-refractivity contribution in [1.29, 1.82) is 0 Å². The van der Waals surface area contributed by atoms with Gasteiger partial charge in [0.25, 0.3) is 0 Å². The first kappa shape index (κ1) is 18.9. The van der Waals surface area contributed by atoms with Crippen LogP contribution in [0.2, 0.25) is 0 Å². The maximum absolute atomic E-state index is 12.1. The molecule has 22 heavy (non-hydrogen) atoms. The summed E-state index contributed by atoms with van der Waals surface area (Å²) in [5, 5.41) is 0. The lowest BCUT2D eigenvalue weighted by atomic mass is 10.0. The molecule has 0 spiro atoms. The SMILES string of the molecule is CC(C)(C)OC(=O)C(N)CCC[C@H](N)C(=O)N1CCOCC1. The molecule has 1 saturated heterocycles. The number of amides is 1. The van der Waals surface area contributed by atoms with Crippen molar-refractivity contribution in [3.8, 4) is 0 Å². The molecule has 4 N–H and O–H groups in total. The fraction of sp³-hybridized carbons (Fsp3) is 0.867. The number of morpholine rings is 1.